The molecular weight excluding hydrogens is 315 g/mol. The van der Waals surface area contributed by atoms with Crippen LogP contribution in [-0.4, -0.2) is 42.4 Å². The summed E-state index contributed by atoms with van der Waals surface area (Å²) in [5.74, 6) is -0.228. The number of anilines is 1. The molecular formula is C16H19FN4OS. The molecule has 2 heterocycles. The SMILES string of the molecule is Cc1csc(NN=Cc2ccc(F)cc2CN2CCOCC2)n1. The van der Waals surface area contributed by atoms with E-state index in [1.807, 2.05) is 12.3 Å². The summed E-state index contributed by atoms with van der Waals surface area (Å²) in [5, 5.41) is 6.92. The van der Waals surface area contributed by atoms with Gasteiger partial charge in [-0.2, -0.15) is 5.10 Å². The molecule has 3 rings (SSSR count). The van der Waals surface area contributed by atoms with Gasteiger partial charge in [0.2, 0.25) is 5.13 Å². The standard InChI is InChI=1S/C16H19FN4OS/c1-12-11-23-16(19-12)20-18-9-13-2-3-15(17)8-14(13)10-21-4-6-22-7-5-21/h2-3,8-9,11H,4-7,10H2,1H3,(H,19,20). The predicted octanol–water partition coefficient (Wildman–Crippen LogP) is 2.87. The molecule has 2 aromatic rings. The zero-order valence-corrected chi connectivity index (χ0v) is 13.8. The Labute approximate surface area is 138 Å². The van der Waals surface area contributed by atoms with Crippen LogP contribution in [0.5, 0.6) is 0 Å². The Morgan fingerprint density at radius 3 is 3.00 bits per heavy atom. The van der Waals surface area contributed by atoms with Crippen LogP contribution in [0.1, 0.15) is 16.8 Å². The van der Waals surface area contributed by atoms with Gasteiger partial charge in [0.25, 0.3) is 0 Å². The van der Waals surface area contributed by atoms with Gasteiger partial charge in [-0.15, -0.1) is 11.3 Å². The first-order chi connectivity index (χ1) is 11.2. The average molecular weight is 334 g/mol. The second kappa shape index (κ2) is 7.63. The number of morpholine rings is 1. The largest absolute Gasteiger partial charge is 0.379 e. The summed E-state index contributed by atoms with van der Waals surface area (Å²) in [5.41, 5.74) is 5.69. The first-order valence-corrected chi connectivity index (χ1v) is 8.38. The van der Waals surface area contributed by atoms with E-state index in [1.54, 1.807) is 18.3 Å². The normalized spacial score (nSPS) is 16.1. The highest BCUT2D eigenvalue weighted by Crippen LogP contribution is 2.16. The lowest BCUT2D eigenvalue weighted by Gasteiger charge is -2.27. The van der Waals surface area contributed by atoms with E-state index in [1.165, 1.54) is 17.4 Å². The van der Waals surface area contributed by atoms with Gasteiger partial charge >= 0.3 is 0 Å². The molecule has 1 fully saturated rings. The van der Waals surface area contributed by atoms with E-state index in [0.717, 1.165) is 48.3 Å². The quantitative estimate of drug-likeness (QED) is 0.675. The molecule has 7 heteroatoms. The molecule has 5 nitrogen and oxygen atoms in total. The van der Waals surface area contributed by atoms with E-state index >= 15 is 0 Å². The number of thiazole rings is 1. The minimum absolute atomic E-state index is 0.228. The molecule has 122 valence electrons. The summed E-state index contributed by atoms with van der Waals surface area (Å²) in [6.07, 6.45) is 1.71. The smallest absolute Gasteiger partial charge is 0.203 e. The first-order valence-electron chi connectivity index (χ1n) is 7.50. The zero-order chi connectivity index (χ0) is 16.1. The first kappa shape index (κ1) is 16.0. The van der Waals surface area contributed by atoms with Crippen LogP contribution in [0.2, 0.25) is 0 Å². The van der Waals surface area contributed by atoms with Crippen LogP contribution < -0.4 is 5.43 Å². The van der Waals surface area contributed by atoms with Crippen molar-refractivity contribution in [2.45, 2.75) is 13.5 Å². The lowest BCUT2D eigenvalue weighted by Crippen LogP contribution is -2.35. The Balaban J connectivity index is 1.70. The van der Waals surface area contributed by atoms with Gasteiger partial charge in [0.15, 0.2) is 0 Å². The molecule has 1 N–H and O–H groups in total. The van der Waals surface area contributed by atoms with E-state index < -0.39 is 0 Å². The topological polar surface area (TPSA) is 49.8 Å². The molecule has 1 aromatic heterocycles. The zero-order valence-electron chi connectivity index (χ0n) is 13.0. The fourth-order valence-electron chi connectivity index (χ4n) is 2.40. The van der Waals surface area contributed by atoms with Crippen LogP contribution in [0.15, 0.2) is 28.7 Å². The molecule has 0 unspecified atom stereocenters. The van der Waals surface area contributed by atoms with Crippen molar-refractivity contribution in [1.29, 1.82) is 0 Å². The number of nitrogens with one attached hydrogen (secondary N) is 1. The highest BCUT2D eigenvalue weighted by Gasteiger charge is 2.13. The molecule has 0 radical (unpaired) electrons. The number of hydrogen-bond donors (Lipinski definition) is 1. The maximum Gasteiger partial charge on any atom is 0.203 e. The Morgan fingerprint density at radius 2 is 2.26 bits per heavy atom. The Bertz CT molecular complexity index is 682. The molecule has 0 saturated carbocycles. The minimum atomic E-state index is -0.228. The summed E-state index contributed by atoms with van der Waals surface area (Å²) < 4.78 is 18.9. The predicted molar refractivity (Wildman–Crippen MR) is 90.6 cm³/mol. The summed E-state index contributed by atoms with van der Waals surface area (Å²) in [6, 6.07) is 4.78. The Morgan fingerprint density at radius 1 is 1.43 bits per heavy atom. The fourth-order valence-corrected chi connectivity index (χ4v) is 3.04. The van der Waals surface area contributed by atoms with Gasteiger partial charge in [-0.3, -0.25) is 10.3 Å². The number of ether oxygens (including phenoxy) is 1. The Hall–Kier alpha value is -1.83. The number of rotatable bonds is 5. The van der Waals surface area contributed by atoms with E-state index in [0.29, 0.717) is 6.54 Å². The van der Waals surface area contributed by atoms with Gasteiger partial charge in [0.1, 0.15) is 5.82 Å². The second-order valence-corrected chi connectivity index (χ2v) is 6.25. The van der Waals surface area contributed by atoms with Crippen LogP contribution in [0.25, 0.3) is 0 Å². The molecule has 0 bridgehead atoms. The van der Waals surface area contributed by atoms with Gasteiger partial charge in [0, 0.05) is 25.0 Å². The van der Waals surface area contributed by atoms with Crippen LogP contribution in [0, 0.1) is 12.7 Å². The average Bonchev–Trinajstić information content (AvgIpc) is 2.96. The van der Waals surface area contributed by atoms with E-state index in [4.69, 9.17) is 4.74 Å². The van der Waals surface area contributed by atoms with Gasteiger partial charge in [-0.05, 0) is 30.2 Å². The van der Waals surface area contributed by atoms with Crippen molar-refractivity contribution in [2.75, 3.05) is 31.7 Å². The molecule has 1 aliphatic rings. The van der Waals surface area contributed by atoms with Crippen molar-refractivity contribution in [3.05, 3.63) is 46.2 Å². The van der Waals surface area contributed by atoms with Crippen molar-refractivity contribution < 1.29 is 9.13 Å². The Kier molecular flexibility index (Phi) is 5.32. The maximum atomic E-state index is 13.6. The van der Waals surface area contributed by atoms with E-state index in [9.17, 15) is 4.39 Å². The van der Waals surface area contributed by atoms with Crippen molar-refractivity contribution in [3.63, 3.8) is 0 Å². The summed E-state index contributed by atoms with van der Waals surface area (Å²) in [6.45, 7) is 5.81. The number of hydrogen-bond acceptors (Lipinski definition) is 6. The third-order valence-electron chi connectivity index (χ3n) is 3.59. The number of aromatic nitrogens is 1. The van der Waals surface area contributed by atoms with Gasteiger partial charge in [-0.1, -0.05) is 6.07 Å². The molecule has 0 spiro atoms. The van der Waals surface area contributed by atoms with Crippen LogP contribution in [0.4, 0.5) is 9.52 Å². The van der Waals surface area contributed by atoms with E-state index in [2.05, 4.69) is 20.4 Å². The molecule has 1 aliphatic heterocycles. The maximum absolute atomic E-state index is 13.6. The summed E-state index contributed by atoms with van der Waals surface area (Å²) >= 11 is 1.50. The molecule has 1 aromatic carbocycles. The molecule has 0 atom stereocenters. The monoisotopic (exact) mass is 334 g/mol. The highest BCUT2D eigenvalue weighted by atomic mass is 32.1. The number of aryl methyl sites for hydroxylation is 1. The lowest BCUT2D eigenvalue weighted by atomic mass is 10.1. The van der Waals surface area contributed by atoms with Gasteiger partial charge < -0.3 is 4.74 Å². The van der Waals surface area contributed by atoms with Gasteiger partial charge in [0.05, 0.1) is 25.1 Å². The molecule has 0 aliphatic carbocycles. The summed E-state index contributed by atoms with van der Waals surface area (Å²) in [4.78, 5) is 6.54. The van der Waals surface area contributed by atoms with Crippen LogP contribution >= 0.6 is 11.3 Å². The highest BCUT2D eigenvalue weighted by molar-refractivity contribution is 7.13. The third kappa shape index (κ3) is 4.57. The van der Waals surface area contributed by atoms with E-state index in [-0.39, 0.29) is 5.82 Å². The summed E-state index contributed by atoms with van der Waals surface area (Å²) in [7, 11) is 0. The van der Waals surface area contributed by atoms with Crippen LogP contribution in [-0.2, 0) is 11.3 Å². The van der Waals surface area contributed by atoms with Crippen molar-refractivity contribution >= 4 is 22.7 Å². The lowest BCUT2D eigenvalue weighted by molar-refractivity contribution is 0.0341. The van der Waals surface area contributed by atoms with Crippen molar-refractivity contribution in [3.8, 4) is 0 Å². The van der Waals surface area contributed by atoms with Gasteiger partial charge in [-0.25, -0.2) is 9.37 Å². The molecule has 0 amide bonds. The number of benzene rings is 1. The van der Waals surface area contributed by atoms with Crippen molar-refractivity contribution in [1.82, 2.24) is 9.88 Å². The number of halogens is 1. The fraction of sp³-hybridized carbons (Fsp3) is 0.375. The number of hydrazone groups is 1. The molecule has 1 saturated heterocycles. The van der Waals surface area contributed by atoms with Crippen molar-refractivity contribution in [2.24, 2.45) is 5.10 Å². The van der Waals surface area contributed by atoms with Crippen LogP contribution in [0.3, 0.4) is 0 Å². The third-order valence-corrected chi connectivity index (χ3v) is 4.45. The molecule has 23 heavy (non-hydrogen) atoms. The minimum Gasteiger partial charge on any atom is -0.379 e. The number of nitrogens with zero attached hydrogens (tertiary/aromatic N) is 3. The second-order valence-electron chi connectivity index (χ2n) is 5.40.